The number of rotatable bonds is 9. The van der Waals surface area contributed by atoms with Crippen molar-refractivity contribution in [3.63, 3.8) is 0 Å². The van der Waals surface area contributed by atoms with Crippen LogP contribution in [0.15, 0.2) is 11.6 Å². The molecule has 6 rings (SSSR count). The maximum atomic E-state index is 13.5. The van der Waals surface area contributed by atoms with Crippen molar-refractivity contribution < 1.29 is 24.2 Å². The molecule has 2 heterocycles. The Morgan fingerprint density at radius 3 is 2.44 bits per heavy atom. The average molecular weight is 697 g/mol. The number of hydrogen-bond donors (Lipinski definition) is 3. The van der Waals surface area contributed by atoms with E-state index >= 15 is 0 Å². The molecule has 0 spiro atoms. The van der Waals surface area contributed by atoms with Gasteiger partial charge in [0.05, 0.1) is 37.9 Å². The molecule has 1 aliphatic heterocycles. The standard InChI is InChI=1S/C39H64N6O5/c1-22(2)24(5)34(7)16-17-36(9)26-12-13-29-35(8)19-49-21-39(29,27(26)14-15-37(36,10)30(34)32(47)48)18-28(31(35)50-20-38(11,40)23(3)4)45-33(41-25(6)46)42-43-44-45/h14,22-24,26,28-31H,12-13,15-21,40H2,1-11H3,(H,47,48)(H,41,42,44,46)/t24-,26+,28-,29+,30-,31+,34-,35-,36-,37+,38+,39+/m1/s1. The van der Waals surface area contributed by atoms with E-state index in [0.717, 1.165) is 32.1 Å². The molecule has 0 aromatic carbocycles. The van der Waals surface area contributed by atoms with Gasteiger partial charge in [-0.15, -0.1) is 0 Å². The van der Waals surface area contributed by atoms with Crippen LogP contribution in [-0.4, -0.2) is 68.7 Å². The second-order valence-electron chi connectivity index (χ2n) is 19.1. The normalized spacial score (nSPS) is 42.8. The van der Waals surface area contributed by atoms with Gasteiger partial charge in [0.2, 0.25) is 11.9 Å². The molecule has 11 nitrogen and oxygen atoms in total. The van der Waals surface area contributed by atoms with E-state index in [1.165, 1.54) is 12.5 Å². The first-order valence-corrected chi connectivity index (χ1v) is 19.2. The Bertz CT molecular complexity index is 1520. The fraction of sp³-hybridized carbons (Fsp3) is 0.872. The molecule has 4 fully saturated rings. The van der Waals surface area contributed by atoms with Crippen LogP contribution < -0.4 is 11.1 Å². The lowest BCUT2D eigenvalue weighted by atomic mass is 9.34. The minimum atomic E-state index is -0.652. The Kier molecular flexibility index (Phi) is 9.24. The van der Waals surface area contributed by atoms with E-state index < -0.39 is 22.8 Å². The molecule has 280 valence electrons. The molecule has 0 radical (unpaired) electrons. The van der Waals surface area contributed by atoms with Crippen LogP contribution in [-0.2, 0) is 19.1 Å². The molecule has 1 amide bonds. The zero-order chi connectivity index (χ0) is 36.8. The predicted molar refractivity (Wildman–Crippen MR) is 192 cm³/mol. The van der Waals surface area contributed by atoms with Gasteiger partial charge in [-0.25, -0.2) is 4.68 Å². The molecule has 11 heteroatoms. The Morgan fingerprint density at radius 2 is 1.82 bits per heavy atom. The van der Waals surface area contributed by atoms with Crippen LogP contribution >= 0.6 is 0 Å². The van der Waals surface area contributed by atoms with E-state index in [0.29, 0.717) is 38.1 Å². The number of aliphatic carboxylic acids is 1. The van der Waals surface area contributed by atoms with E-state index in [1.54, 1.807) is 4.68 Å². The van der Waals surface area contributed by atoms with Crippen molar-refractivity contribution >= 4 is 17.8 Å². The Morgan fingerprint density at radius 1 is 1.12 bits per heavy atom. The summed E-state index contributed by atoms with van der Waals surface area (Å²) in [4.78, 5) is 25.8. The van der Waals surface area contributed by atoms with Crippen molar-refractivity contribution in [3.8, 4) is 0 Å². The van der Waals surface area contributed by atoms with Gasteiger partial charge in [0, 0.05) is 23.3 Å². The number of aromatic nitrogens is 4. The maximum Gasteiger partial charge on any atom is 0.307 e. The number of tetrazole rings is 1. The van der Waals surface area contributed by atoms with Gasteiger partial charge in [0.15, 0.2) is 0 Å². The first kappa shape index (κ1) is 37.4. The summed E-state index contributed by atoms with van der Waals surface area (Å²) in [6.45, 7) is 25.2. The summed E-state index contributed by atoms with van der Waals surface area (Å²) in [5.74, 6) is 0.387. The quantitative estimate of drug-likeness (QED) is 0.245. The lowest BCUT2D eigenvalue weighted by molar-refractivity contribution is -0.252. The lowest BCUT2D eigenvalue weighted by Gasteiger charge is -2.71. The molecule has 4 aliphatic carbocycles. The van der Waals surface area contributed by atoms with E-state index in [1.807, 2.05) is 6.92 Å². The van der Waals surface area contributed by atoms with E-state index in [2.05, 4.69) is 89.2 Å². The number of carbonyl (C=O) groups is 2. The largest absolute Gasteiger partial charge is 0.481 e. The summed E-state index contributed by atoms with van der Waals surface area (Å²) < 4.78 is 15.4. The van der Waals surface area contributed by atoms with Gasteiger partial charge in [0.1, 0.15) is 0 Å². The average Bonchev–Trinajstić information content (AvgIpc) is 3.47. The van der Waals surface area contributed by atoms with E-state index in [9.17, 15) is 14.7 Å². The van der Waals surface area contributed by atoms with Crippen molar-refractivity contribution in [2.24, 2.45) is 68.3 Å². The second kappa shape index (κ2) is 12.4. The Hall–Kier alpha value is -2.37. The summed E-state index contributed by atoms with van der Waals surface area (Å²) in [6.07, 6.45) is 7.49. The molecule has 3 saturated carbocycles. The number of carbonyl (C=O) groups excluding carboxylic acids is 1. The van der Waals surface area contributed by atoms with Gasteiger partial charge in [0.25, 0.3) is 0 Å². The first-order chi connectivity index (χ1) is 23.2. The Balaban J connectivity index is 1.47. The summed E-state index contributed by atoms with van der Waals surface area (Å²) in [7, 11) is 0. The molecule has 5 aliphatic rings. The number of carboxylic acid groups (broad SMARTS) is 1. The number of nitrogens with two attached hydrogens (primary N) is 1. The van der Waals surface area contributed by atoms with Gasteiger partial charge in [-0.3, -0.25) is 14.9 Å². The highest BCUT2D eigenvalue weighted by Gasteiger charge is 2.72. The molecule has 1 aromatic rings. The summed E-state index contributed by atoms with van der Waals surface area (Å²) in [5.41, 5.74) is 6.10. The van der Waals surface area contributed by atoms with Crippen LogP contribution in [0.3, 0.4) is 0 Å². The minimum Gasteiger partial charge on any atom is -0.481 e. The number of ether oxygens (including phenoxy) is 2. The van der Waals surface area contributed by atoms with Crippen molar-refractivity contribution in [3.05, 3.63) is 11.6 Å². The topological polar surface area (TPSA) is 154 Å². The van der Waals surface area contributed by atoms with Crippen LogP contribution in [0.5, 0.6) is 0 Å². The third-order valence-electron chi connectivity index (χ3n) is 16.1. The molecule has 0 unspecified atom stereocenters. The SMILES string of the molecule is CC(=O)Nc1nnnn1[C@@H]1C[C@@]23COC[C@](C)([C@@H]2CC[C@H]2C3=CC[C@@]3(C)[C@H](C(=O)O)[C@@](C)([C@H](C)C(C)C)CC[C@]23C)[C@H]1OC[C@](C)(N)C(C)C. The third-order valence-corrected chi connectivity index (χ3v) is 16.1. The van der Waals surface area contributed by atoms with Crippen molar-refractivity contribution in [2.75, 3.05) is 25.1 Å². The maximum absolute atomic E-state index is 13.5. The van der Waals surface area contributed by atoms with Crippen molar-refractivity contribution in [1.29, 1.82) is 0 Å². The predicted octanol–water partition coefficient (Wildman–Crippen LogP) is 6.52. The fourth-order valence-electron chi connectivity index (χ4n) is 12.2. The smallest absolute Gasteiger partial charge is 0.307 e. The summed E-state index contributed by atoms with van der Waals surface area (Å²) >= 11 is 0. The number of nitrogens with one attached hydrogen (secondary N) is 1. The van der Waals surface area contributed by atoms with Crippen LogP contribution in [0, 0.1) is 62.6 Å². The van der Waals surface area contributed by atoms with Gasteiger partial charge in [-0.2, -0.15) is 0 Å². The van der Waals surface area contributed by atoms with E-state index in [-0.39, 0.29) is 63.4 Å². The number of anilines is 1. The Labute approximate surface area is 299 Å². The van der Waals surface area contributed by atoms with Gasteiger partial charge < -0.3 is 20.3 Å². The highest BCUT2D eigenvalue weighted by molar-refractivity contribution is 5.86. The van der Waals surface area contributed by atoms with Gasteiger partial charge in [-0.1, -0.05) is 79.1 Å². The number of allylic oxidation sites excluding steroid dienone is 1. The van der Waals surface area contributed by atoms with Crippen LogP contribution in [0.2, 0.25) is 0 Å². The van der Waals surface area contributed by atoms with E-state index in [4.69, 9.17) is 15.2 Å². The number of nitrogens with zero attached hydrogens (tertiary/aromatic N) is 4. The number of fused-ring (bicyclic) bond motifs is 3. The molecule has 1 saturated heterocycles. The number of amides is 1. The molecule has 1 aromatic heterocycles. The molecule has 50 heavy (non-hydrogen) atoms. The molecule has 2 bridgehead atoms. The lowest BCUT2D eigenvalue weighted by Crippen LogP contribution is -2.69. The summed E-state index contributed by atoms with van der Waals surface area (Å²) in [5, 5.41) is 26.7. The van der Waals surface area contributed by atoms with Crippen molar-refractivity contribution in [1.82, 2.24) is 20.2 Å². The van der Waals surface area contributed by atoms with Crippen LogP contribution in [0.25, 0.3) is 0 Å². The van der Waals surface area contributed by atoms with Crippen LogP contribution in [0.4, 0.5) is 5.95 Å². The van der Waals surface area contributed by atoms with Crippen LogP contribution in [0.1, 0.15) is 121 Å². The number of hydrogen-bond acceptors (Lipinski definition) is 8. The summed E-state index contributed by atoms with van der Waals surface area (Å²) in [6, 6.07) is -0.283. The zero-order valence-electron chi connectivity index (χ0n) is 32.5. The minimum absolute atomic E-state index is 0.193. The molecular weight excluding hydrogens is 632 g/mol. The fourth-order valence-corrected chi connectivity index (χ4v) is 12.2. The van der Waals surface area contributed by atoms with Gasteiger partial charge >= 0.3 is 5.97 Å². The zero-order valence-corrected chi connectivity index (χ0v) is 32.5. The highest BCUT2D eigenvalue weighted by Crippen LogP contribution is 2.75. The molecule has 4 N–H and O–H groups in total. The molecular formula is C39H64N6O5. The van der Waals surface area contributed by atoms with Crippen molar-refractivity contribution in [2.45, 2.75) is 132 Å². The second-order valence-corrected chi connectivity index (χ2v) is 19.1. The third kappa shape index (κ3) is 5.25. The number of carboxylic acids is 1. The highest BCUT2D eigenvalue weighted by atomic mass is 16.5. The molecule has 12 atom stereocenters. The van der Waals surface area contributed by atoms with Gasteiger partial charge in [-0.05, 0) is 102 Å². The first-order valence-electron chi connectivity index (χ1n) is 19.2. The monoisotopic (exact) mass is 696 g/mol.